The standard InChI is InChI=1S/C14H23N3O2S/c1-14(2,3)11(15)13(19)17-8-5-7-16-12(18)10-6-4-9-20-10/h4,6,9,11H,5,7-8,15H2,1-3H3,(H,16,18)(H,17,19)/t11-/m1/s1. The maximum Gasteiger partial charge on any atom is 0.261 e. The minimum absolute atomic E-state index is 0.0716. The van der Waals surface area contributed by atoms with Crippen molar-refractivity contribution in [2.45, 2.75) is 33.2 Å². The summed E-state index contributed by atoms with van der Waals surface area (Å²) >= 11 is 1.41. The number of carbonyl (C=O) groups excluding carboxylic acids is 2. The molecule has 0 aromatic carbocycles. The third kappa shape index (κ3) is 5.30. The highest BCUT2D eigenvalue weighted by Crippen LogP contribution is 2.16. The van der Waals surface area contributed by atoms with Gasteiger partial charge in [-0.3, -0.25) is 9.59 Å². The first-order valence-electron chi connectivity index (χ1n) is 6.67. The molecule has 0 aliphatic rings. The molecule has 112 valence electrons. The Labute approximate surface area is 123 Å². The maximum atomic E-state index is 11.8. The highest BCUT2D eigenvalue weighted by molar-refractivity contribution is 7.12. The van der Waals surface area contributed by atoms with E-state index in [1.807, 2.05) is 32.2 Å². The largest absolute Gasteiger partial charge is 0.355 e. The molecule has 0 aliphatic heterocycles. The summed E-state index contributed by atoms with van der Waals surface area (Å²) in [6, 6.07) is 3.10. The first kappa shape index (κ1) is 16.7. The monoisotopic (exact) mass is 297 g/mol. The van der Waals surface area contributed by atoms with Crippen LogP contribution in [0, 0.1) is 5.41 Å². The van der Waals surface area contributed by atoms with Crippen molar-refractivity contribution in [3.05, 3.63) is 22.4 Å². The number of nitrogens with one attached hydrogen (secondary N) is 2. The zero-order valence-corrected chi connectivity index (χ0v) is 13.0. The SMILES string of the molecule is CC(C)(C)[C@H](N)C(=O)NCCCNC(=O)c1cccs1. The summed E-state index contributed by atoms with van der Waals surface area (Å²) in [5.41, 5.74) is 5.59. The molecule has 1 aromatic rings. The van der Waals surface area contributed by atoms with Gasteiger partial charge in [0.15, 0.2) is 0 Å². The molecular weight excluding hydrogens is 274 g/mol. The van der Waals surface area contributed by atoms with Crippen molar-refractivity contribution in [2.24, 2.45) is 11.1 Å². The Balaban J connectivity index is 2.16. The van der Waals surface area contributed by atoms with Crippen molar-refractivity contribution in [1.29, 1.82) is 0 Å². The van der Waals surface area contributed by atoms with Crippen molar-refractivity contribution in [1.82, 2.24) is 10.6 Å². The van der Waals surface area contributed by atoms with Gasteiger partial charge in [-0.1, -0.05) is 26.8 Å². The van der Waals surface area contributed by atoms with Crippen molar-refractivity contribution in [2.75, 3.05) is 13.1 Å². The number of nitrogens with two attached hydrogens (primary N) is 1. The number of amides is 2. The Morgan fingerprint density at radius 1 is 1.30 bits per heavy atom. The predicted molar refractivity (Wildman–Crippen MR) is 81.7 cm³/mol. The van der Waals surface area contributed by atoms with Crippen LogP contribution in [0.15, 0.2) is 17.5 Å². The lowest BCUT2D eigenvalue weighted by Crippen LogP contribution is -2.49. The van der Waals surface area contributed by atoms with E-state index in [1.165, 1.54) is 11.3 Å². The van der Waals surface area contributed by atoms with E-state index in [1.54, 1.807) is 6.07 Å². The van der Waals surface area contributed by atoms with Gasteiger partial charge < -0.3 is 16.4 Å². The third-order valence-electron chi connectivity index (χ3n) is 2.90. The van der Waals surface area contributed by atoms with Crippen LogP contribution >= 0.6 is 11.3 Å². The lowest BCUT2D eigenvalue weighted by molar-refractivity contribution is -0.124. The Morgan fingerprint density at radius 2 is 1.95 bits per heavy atom. The van der Waals surface area contributed by atoms with E-state index < -0.39 is 6.04 Å². The molecule has 1 atom stereocenters. The first-order chi connectivity index (χ1) is 9.32. The van der Waals surface area contributed by atoms with E-state index >= 15 is 0 Å². The highest BCUT2D eigenvalue weighted by atomic mass is 32.1. The van der Waals surface area contributed by atoms with Gasteiger partial charge in [-0.2, -0.15) is 0 Å². The van der Waals surface area contributed by atoms with Crippen LogP contribution in [0.3, 0.4) is 0 Å². The van der Waals surface area contributed by atoms with Gasteiger partial charge in [0, 0.05) is 13.1 Å². The van der Waals surface area contributed by atoms with Crippen LogP contribution in [0.5, 0.6) is 0 Å². The van der Waals surface area contributed by atoms with E-state index in [0.29, 0.717) is 24.4 Å². The second-order valence-corrected chi connectivity index (χ2v) is 6.67. The fourth-order valence-electron chi connectivity index (χ4n) is 1.50. The molecule has 2 amide bonds. The van der Waals surface area contributed by atoms with Gasteiger partial charge in [0.1, 0.15) is 0 Å². The maximum absolute atomic E-state index is 11.8. The van der Waals surface area contributed by atoms with Gasteiger partial charge in [-0.05, 0) is 23.3 Å². The number of carbonyl (C=O) groups is 2. The van der Waals surface area contributed by atoms with Crippen LogP contribution in [-0.2, 0) is 4.79 Å². The number of hydrogen-bond donors (Lipinski definition) is 3. The molecule has 0 bridgehead atoms. The summed E-state index contributed by atoms with van der Waals surface area (Å²) in [6.45, 7) is 6.82. The summed E-state index contributed by atoms with van der Waals surface area (Å²) in [6.07, 6.45) is 0.680. The second-order valence-electron chi connectivity index (χ2n) is 5.72. The minimum Gasteiger partial charge on any atom is -0.355 e. The Morgan fingerprint density at radius 3 is 2.50 bits per heavy atom. The smallest absolute Gasteiger partial charge is 0.261 e. The van der Waals surface area contributed by atoms with Crippen LogP contribution < -0.4 is 16.4 Å². The average molecular weight is 297 g/mol. The quantitative estimate of drug-likeness (QED) is 0.693. The molecular formula is C14H23N3O2S. The molecule has 1 heterocycles. The second kappa shape index (κ2) is 7.40. The molecule has 0 radical (unpaired) electrons. The Kier molecular flexibility index (Phi) is 6.16. The van der Waals surface area contributed by atoms with Crippen LogP contribution in [0.2, 0.25) is 0 Å². The summed E-state index contributed by atoms with van der Waals surface area (Å²) in [4.78, 5) is 24.1. The van der Waals surface area contributed by atoms with Gasteiger partial charge in [-0.15, -0.1) is 11.3 Å². The minimum atomic E-state index is -0.525. The first-order valence-corrected chi connectivity index (χ1v) is 7.55. The van der Waals surface area contributed by atoms with Crippen LogP contribution in [0.25, 0.3) is 0 Å². The van der Waals surface area contributed by atoms with Gasteiger partial charge >= 0.3 is 0 Å². The molecule has 0 saturated carbocycles. The molecule has 0 spiro atoms. The lowest BCUT2D eigenvalue weighted by atomic mass is 9.87. The molecule has 0 fully saturated rings. The van der Waals surface area contributed by atoms with Crippen molar-refractivity contribution in [3.8, 4) is 0 Å². The molecule has 0 saturated heterocycles. The molecule has 1 rings (SSSR count). The summed E-state index contributed by atoms with van der Waals surface area (Å²) in [5.74, 6) is -0.222. The van der Waals surface area contributed by atoms with E-state index in [9.17, 15) is 9.59 Å². The Hall–Kier alpha value is -1.40. The molecule has 4 N–H and O–H groups in total. The van der Waals surface area contributed by atoms with E-state index in [0.717, 1.165) is 0 Å². The van der Waals surface area contributed by atoms with Gasteiger partial charge in [0.25, 0.3) is 5.91 Å². The third-order valence-corrected chi connectivity index (χ3v) is 3.77. The summed E-state index contributed by atoms with van der Waals surface area (Å²) < 4.78 is 0. The summed E-state index contributed by atoms with van der Waals surface area (Å²) in [7, 11) is 0. The molecule has 6 heteroatoms. The number of hydrogen-bond acceptors (Lipinski definition) is 4. The van der Waals surface area contributed by atoms with Crippen LogP contribution in [0.4, 0.5) is 0 Å². The molecule has 1 aromatic heterocycles. The number of rotatable bonds is 6. The molecule has 20 heavy (non-hydrogen) atoms. The molecule has 0 aliphatic carbocycles. The fourth-order valence-corrected chi connectivity index (χ4v) is 2.14. The van der Waals surface area contributed by atoms with Crippen LogP contribution in [-0.4, -0.2) is 30.9 Å². The highest BCUT2D eigenvalue weighted by Gasteiger charge is 2.26. The van der Waals surface area contributed by atoms with Crippen molar-refractivity contribution >= 4 is 23.2 Å². The van der Waals surface area contributed by atoms with E-state index in [4.69, 9.17) is 5.73 Å². The fraction of sp³-hybridized carbons (Fsp3) is 0.571. The molecule has 0 unspecified atom stereocenters. The van der Waals surface area contributed by atoms with Crippen molar-refractivity contribution in [3.63, 3.8) is 0 Å². The van der Waals surface area contributed by atoms with Gasteiger partial charge in [0.2, 0.25) is 5.91 Å². The van der Waals surface area contributed by atoms with Gasteiger partial charge in [-0.25, -0.2) is 0 Å². The molecule has 5 nitrogen and oxygen atoms in total. The normalized spacial score (nSPS) is 12.8. The zero-order chi connectivity index (χ0) is 15.2. The average Bonchev–Trinajstić information content (AvgIpc) is 2.89. The van der Waals surface area contributed by atoms with Crippen molar-refractivity contribution < 1.29 is 9.59 Å². The van der Waals surface area contributed by atoms with Gasteiger partial charge in [0.05, 0.1) is 10.9 Å². The van der Waals surface area contributed by atoms with E-state index in [-0.39, 0.29) is 17.2 Å². The Bertz CT molecular complexity index is 438. The topological polar surface area (TPSA) is 84.2 Å². The zero-order valence-electron chi connectivity index (χ0n) is 12.2. The number of thiophene rings is 1. The van der Waals surface area contributed by atoms with Crippen LogP contribution in [0.1, 0.15) is 36.9 Å². The summed E-state index contributed by atoms with van der Waals surface area (Å²) in [5, 5.41) is 7.46. The van der Waals surface area contributed by atoms with E-state index in [2.05, 4.69) is 10.6 Å². The lowest BCUT2D eigenvalue weighted by Gasteiger charge is -2.25. The predicted octanol–water partition coefficient (Wildman–Crippen LogP) is 1.36.